The fraction of sp³-hybridized carbons (Fsp3) is 0.267. The highest BCUT2D eigenvalue weighted by Crippen LogP contribution is 2.28. The first-order valence-corrected chi connectivity index (χ1v) is 5.84. The molecule has 0 saturated carbocycles. The number of rotatable bonds is 4. The molecule has 1 aliphatic rings. The first-order valence-electron chi connectivity index (χ1n) is 5.84. The van der Waals surface area contributed by atoms with E-state index in [1.165, 1.54) is 12.1 Å². The van der Waals surface area contributed by atoms with Crippen LogP contribution in [-0.2, 0) is 16.1 Å². The Morgan fingerprint density at radius 3 is 3.00 bits per heavy atom. The van der Waals surface area contributed by atoms with Crippen molar-refractivity contribution in [1.82, 2.24) is 0 Å². The van der Waals surface area contributed by atoms with Gasteiger partial charge in [0, 0.05) is 0 Å². The first kappa shape index (κ1) is 12.7. The second-order valence-corrected chi connectivity index (χ2v) is 4.51. The summed E-state index contributed by atoms with van der Waals surface area (Å²) in [5, 5.41) is 0. The zero-order valence-corrected chi connectivity index (χ0v) is 10.2. The summed E-state index contributed by atoms with van der Waals surface area (Å²) in [6.07, 6.45) is 8.20. The molecular formula is C15H15FO2. The number of allylic oxidation sites excluding steroid dienone is 2. The molecule has 2 nitrogen and oxygen atoms in total. The van der Waals surface area contributed by atoms with E-state index in [1.54, 1.807) is 18.2 Å². The molecule has 1 aromatic carbocycles. The van der Waals surface area contributed by atoms with E-state index in [1.807, 2.05) is 25.2 Å². The number of hydrogen-bond acceptors (Lipinski definition) is 2. The molecule has 0 bridgehead atoms. The predicted molar refractivity (Wildman–Crippen MR) is 67.4 cm³/mol. The van der Waals surface area contributed by atoms with Crippen molar-refractivity contribution < 1.29 is 13.9 Å². The Morgan fingerprint density at radius 2 is 2.28 bits per heavy atom. The van der Waals surface area contributed by atoms with Crippen molar-refractivity contribution in [3.8, 4) is 0 Å². The Labute approximate surface area is 106 Å². The Bertz CT molecular complexity index is 493. The van der Waals surface area contributed by atoms with Crippen LogP contribution in [0.15, 0.2) is 48.6 Å². The SMILES string of the molecule is CC1(OCc2cccc(F)c2)C=CC=CC1C=O. The van der Waals surface area contributed by atoms with Crippen LogP contribution in [0.5, 0.6) is 0 Å². The lowest BCUT2D eigenvalue weighted by atomic mass is 9.86. The maximum Gasteiger partial charge on any atom is 0.130 e. The summed E-state index contributed by atoms with van der Waals surface area (Å²) < 4.78 is 18.8. The second kappa shape index (κ2) is 5.27. The minimum Gasteiger partial charge on any atom is -0.365 e. The lowest BCUT2D eigenvalue weighted by Gasteiger charge is -2.32. The van der Waals surface area contributed by atoms with E-state index in [2.05, 4.69) is 0 Å². The average Bonchev–Trinajstić information content (AvgIpc) is 2.37. The summed E-state index contributed by atoms with van der Waals surface area (Å²) in [5.74, 6) is -0.594. The zero-order chi connectivity index (χ0) is 13.0. The fourth-order valence-corrected chi connectivity index (χ4v) is 1.92. The molecule has 0 N–H and O–H groups in total. The number of hydrogen-bond donors (Lipinski definition) is 0. The van der Waals surface area contributed by atoms with Gasteiger partial charge in [0.1, 0.15) is 12.1 Å². The van der Waals surface area contributed by atoms with Crippen LogP contribution < -0.4 is 0 Å². The highest BCUT2D eigenvalue weighted by Gasteiger charge is 2.32. The Balaban J connectivity index is 2.07. The molecule has 0 spiro atoms. The van der Waals surface area contributed by atoms with Crippen LogP contribution in [-0.4, -0.2) is 11.9 Å². The van der Waals surface area contributed by atoms with Gasteiger partial charge in [0.05, 0.1) is 18.1 Å². The maximum absolute atomic E-state index is 13.0. The molecule has 0 amide bonds. The summed E-state index contributed by atoms with van der Waals surface area (Å²) in [7, 11) is 0. The average molecular weight is 246 g/mol. The second-order valence-electron chi connectivity index (χ2n) is 4.51. The number of carbonyl (C=O) groups is 1. The van der Waals surface area contributed by atoms with E-state index in [0.29, 0.717) is 0 Å². The van der Waals surface area contributed by atoms with Gasteiger partial charge in [0.25, 0.3) is 0 Å². The van der Waals surface area contributed by atoms with Crippen LogP contribution in [0.25, 0.3) is 0 Å². The van der Waals surface area contributed by atoms with Crippen LogP contribution in [0.2, 0.25) is 0 Å². The van der Waals surface area contributed by atoms with Gasteiger partial charge >= 0.3 is 0 Å². The third-order valence-corrected chi connectivity index (χ3v) is 3.10. The van der Waals surface area contributed by atoms with Gasteiger partial charge in [-0.15, -0.1) is 0 Å². The molecule has 0 fully saturated rings. The molecule has 0 radical (unpaired) electrons. The fourth-order valence-electron chi connectivity index (χ4n) is 1.92. The van der Waals surface area contributed by atoms with Gasteiger partial charge in [-0.1, -0.05) is 36.4 Å². The molecular weight excluding hydrogens is 231 g/mol. The van der Waals surface area contributed by atoms with Gasteiger partial charge in [0.2, 0.25) is 0 Å². The highest BCUT2D eigenvalue weighted by atomic mass is 19.1. The normalized spacial score (nSPS) is 26.2. The zero-order valence-electron chi connectivity index (χ0n) is 10.2. The first-order chi connectivity index (χ1) is 8.64. The van der Waals surface area contributed by atoms with Crippen molar-refractivity contribution in [2.45, 2.75) is 19.1 Å². The van der Waals surface area contributed by atoms with Crippen LogP contribution in [0.1, 0.15) is 12.5 Å². The predicted octanol–water partition coefficient (Wildman–Crippen LogP) is 3.04. The molecule has 2 rings (SSSR count). The number of carbonyl (C=O) groups excluding carboxylic acids is 1. The standard InChI is InChI=1S/C15H15FO2/c1-15(8-3-2-6-13(15)10-17)18-11-12-5-4-7-14(16)9-12/h2-10,13H,11H2,1H3. The number of halogens is 1. The molecule has 94 valence electrons. The molecule has 1 aliphatic carbocycles. The molecule has 0 saturated heterocycles. The van der Waals surface area contributed by atoms with Crippen molar-refractivity contribution in [2.24, 2.45) is 5.92 Å². The third-order valence-electron chi connectivity index (χ3n) is 3.10. The summed E-state index contributed by atoms with van der Waals surface area (Å²) in [5.41, 5.74) is 0.0897. The van der Waals surface area contributed by atoms with E-state index >= 15 is 0 Å². The third kappa shape index (κ3) is 2.74. The summed E-state index contributed by atoms with van der Waals surface area (Å²) >= 11 is 0. The minimum absolute atomic E-state index is 0.275. The van der Waals surface area contributed by atoms with Crippen LogP contribution in [0, 0.1) is 11.7 Å². The number of benzene rings is 1. The maximum atomic E-state index is 13.0. The van der Waals surface area contributed by atoms with E-state index < -0.39 is 5.60 Å². The smallest absolute Gasteiger partial charge is 0.130 e. The van der Waals surface area contributed by atoms with E-state index in [-0.39, 0.29) is 18.3 Å². The molecule has 3 heteroatoms. The summed E-state index contributed by atoms with van der Waals surface area (Å²) in [6.45, 7) is 2.13. The monoisotopic (exact) mass is 246 g/mol. The van der Waals surface area contributed by atoms with Gasteiger partial charge < -0.3 is 9.53 Å². The van der Waals surface area contributed by atoms with Crippen molar-refractivity contribution >= 4 is 6.29 Å². The van der Waals surface area contributed by atoms with Crippen molar-refractivity contribution in [1.29, 1.82) is 0 Å². The molecule has 0 aliphatic heterocycles. The lowest BCUT2D eigenvalue weighted by Crippen LogP contribution is -2.36. The lowest BCUT2D eigenvalue weighted by molar-refractivity contribution is -0.118. The minimum atomic E-state index is -0.664. The van der Waals surface area contributed by atoms with Gasteiger partial charge in [-0.3, -0.25) is 0 Å². The van der Waals surface area contributed by atoms with E-state index in [4.69, 9.17) is 4.74 Å². The van der Waals surface area contributed by atoms with E-state index in [9.17, 15) is 9.18 Å². The van der Waals surface area contributed by atoms with Crippen LogP contribution in [0.4, 0.5) is 4.39 Å². The Kier molecular flexibility index (Phi) is 3.72. The highest BCUT2D eigenvalue weighted by molar-refractivity contribution is 5.61. The van der Waals surface area contributed by atoms with Crippen LogP contribution in [0.3, 0.4) is 0 Å². The van der Waals surface area contributed by atoms with E-state index in [0.717, 1.165) is 11.8 Å². The van der Waals surface area contributed by atoms with Gasteiger partial charge in [0.15, 0.2) is 0 Å². The molecule has 2 unspecified atom stereocenters. The molecule has 1 aromatic rings. The van der Waals surface area contributed by atoms with Gasteiger partial charge in [-0.2, -0.15) is 0 Å². The van der Waals surface area contributed by atoms with Crippen molar-refractivity contribution in [3.63, 3.8) is 0 Å². The molecule has 0 aromatic heterocycles. The molecule has 18 heavy (non-hydrogen) atoms. The largest absolute Gasteiger partial charge is 0.365 e. The molecule has 0 heterocycles. The van der Waals surface area contributed by atoms with Crippen LogP contribution >= 0.6 is 0 Å². The summed E-state index contributed by atoms with van der Waals surface area (Å²) in [4.78, 5) is 11.0. The van der Waals surface area contributed by atoms with Gasteiger partial charge in [-0.25, -0.2) is 4.39 Å². The Morgan fingerprint density at radius 1 is 1.44 bits per heavy atom. The van der Waals surface area contributed by atoms with Crippen molar-refractivity contribution in [3.05, 3.63) is 60.0 Å². The quantitative estimate of drug-likeness (QED) is 0.763. The number of aldehydes is 1. The van der Waals surface area contributed by atoms with Gasteiger partial charge in [-0.05, 0) is 24.6 Å². The summed E-state index contributed by atoms with van der Waals surface area (Å²) in [6, 6.07) is 6.26. The number of ether oxygens (including phenoxy) is 1. The Hall–Kier alpha value is -1.74. The topological polar surface area (TPSA) is 26.3 Å². The van der Waals surface area contributed by atoms with Crippen molar-refractivity contribution in [2.75, 3.05) is 0 Å². The molecule has 2 atom stereocenters.